The lowest BCUT2D eigenvalue weighted by atomic mass is 9.81. The number of morpholine rings is 1. The number of hydrogen-bond acceptors (Lipinski definition) is 6. The molecule has 0 N–H and O–H groups in total. The number of ether oxygens (including phenoxy) is 1. The van der Waals surface area contributed by atoms with E-state index in [1.54, 1.807) is 0 Å². The Kier molecular flexibility index (Phi) is 4.35. The lowest BCUT2D eigenvalue weighted by Crippen LogP contribution is -2.37. The Hall–Kier alpha value is -2.80. The first-order valence-corrected chi connectivity index (χ1v) is 11.3. The molecule has 3 fully saturated rings. The molecule has 2 aromatic heterocycles. The first kappa shape index (κ1) is 18.9. The van der Waals surface area contributed by atoms with Crippen molar-refractivity contribution in [3.63, 3.8) is 0 Å². The Labute approximate surface area is 181 Å². The fourth-order valence-electron chi connectivity index (χ4n) is 5.55. The van der Waals surface area contributed by atoms with Gasteiger partial charge in [0.25, 0.3) is 0 Å². The third kappa shape index (κ3) is 3.22. The van der Waals surface area contributed by atoms with Crippen LogP contribution in [0.25, 0.3) is 16.7 Å². The summed E-state index contributed by atoms with van der Waals surface area (Å²) in [4.78, 5) is 23.5. The minimum Gasteiger partial charge on any atom is -0.374 e. The summed E-state index contributed by atoms with van der Waals surface area (Å²) < 4.78 is 7.70. The second-order valence-corrected chi connectivity index (χ2v) is 9.27. The Morgan fingerprint density at radius 1 is 1.06 bits per heavy atom. The van der Waals surface area contributed by atoms with Gasteiger partial charge in [-0.2, -0.15) is 5.10 Å². The van der Waals surface area contributed by atoms with E-state index in [-0.39, 0.29) is 0 Å². The molecule has 7 heteroatoms. The molecule has 1 saturated carbocycles. The first-order valence-electron chi connectivity index (χ1n) is 11.3. The Bertz CT molecular complexity index is 1180. The van der Waals surface area contributed by atoms with Gasteiger partial charge in [0.1, 0.15) is 17.4 Å². The molecule has 1 aromatic carbocycles. The molecule has 31 heavy (non-hydrogen) atoms. The van der Waals surface area contributed by atoms with Crippen LogP contribution in [0.5, 0.6) is 0 Å². The van der Waals surface area contributed by atoms with E-state index in [2.05, 4.69) is 30.0 Å². The molecule has 160 valence electrons. The summed E-state index contributed by atoms with van der Waals surface area (Å²) in [6.07, 6.45) is 6.58. The highest BCUT2D eigenvalue weighted by molar-refractivity contribution is 5.83. The van der Waals surface area contributed by atoms with E-state index in [1.165, 1.54) is 11.1 Å². The van der Waals surface area contributed by atoms with Crippen LogP contribution in [-0.4, -0.2) is 50.8 Å². The minimum atomic E-state index is 0.321. The van der Waals surface area contributed by atoms with Crippen molar-refractivity contribution in [2.45, 2.75) is 64.0 Å². The standard InChI is InChI=1S/C24H27N5O2/c1-14-7-17-11-25-29(22(17)9-21(14)16-3-5-19(30)6-4-16)24-10-23(26-15(2)27-24)28-12-20-8-18(28)13-31-20/h7,9-11,16,18,20H,3-6,8,12-13H2,1-2H3/t18-,20-/m1/s1. The van der Waals surface area contributed by atoms with E-state index >= 15 is 0 Å². The molecular formula is C24H27N5O2. The molecule has 0 spiro atoms. The maximum atomic E-state index is 11.7. The highest BCUT2D eigenvalue weighted by Gasteiger charge is 2.39. The number of ketones is 1. The predicted octanol–water partition coefficient (Wildman–Crippen LogP) is 3.64. The van der Waals surface area contributed by atoms with Crippen molar-refractivity contribution in [2.75, 3.05) is 18.1 Å². The molecule has 0 unspecified atom stereocenters. The molecule has 2 atom stereocenters. The van der Waals surface area contributed by atoms with E-state index in [1.807, 2.05) is 17.8 Å². The van der Waals surface area contributed by atoms with Gasteiger partial charge in [0.05, 0.1) is 30.5 Å². The molecule has 7 nitrogen and oxygen atoms in total. The highest BCUT2D eigenvalue weighted by atomic mass is 16.5. The second-order valence-electron chi connectivity index (χ2n) is 9.27. The number of benzene rings is 1. The molecule has 6 rings (SSSR count). The molecule has 4 heterocycles. The zero-order valence-electron chi connectivity index (χ0n) is 18.0. The van der Waals surface area contributed by atoms with E-state index < -0.39 is 0 Å². The Morgan fingerprint density at radius 2 is 1.87 bits per heavy atom. The highest BCUT2D eigenvalue weighted by Crippen LogP contribution is 2.36. The summed E-state index contributed by atoms with van der Waals surface area (Å²) in [5.41, 5.74) is 3.67. The molecule has 0 amide bonds. The van der Waals surface area contributed by atoms with Crippen molar-refractivity contribution >= 4 is 22.5 Å². The summed E-state index contributed by atoms with van der Waals surface area (Å²) in [7, 11) is 0. The number of Topliss-reactive ketones (excluding diaryl/α,β-unsaturated/α-hetero) is 1. The fourth-order valence-corrected chi connectivity index (χ4v) is 5.55. The van der Waals surface area contributed by atoms with Gasteiger partial charge in [-0.1, -0.05) is 0 Å². The van der Waals surface area contributed by atoms with Crippen molar-refractivity contribution in [2.24, 2.45) is 0 Å². The van der Waals surface area contributed by atoms with Crippen molar-refractivity contribution in [1.29, 1.82) is 0 Å². The molecule has 3 aromatic rings. The molecule has 2 aliphatic heterocycles. The third-order valence-corrected chi connectivity index (χ3v) is 7.16. The molecular weight excluding hydrogens is 390 g/mol. The molecule has 2 bridgehead atoms. The quantitative estimate of drug-likeness (QED) is 0.648. The van der Waals surface area contributed by atoms with Crippen LogP contribution < -0.4 is 4.90 Å². The molecule has 3 aliphatic rings. The summed E-state index contributed by atoms with van der Waals surface area (Å²) in [5.74, 6) is 3.34. The lowest BCUT2D eigenvalue weighted by Gasteiger charge is -2.28. The average molecular weight is 418 g/mol. The monoisotopic (exact) mass is 417 g/mol. The van der Waals surface area contributed by atoms with Crippen molar-refractivity contribution < 1.29 is 9.53 Å². The van der Waals surface area contributed by atoms with Gasteiger partial charge in [0, 0.05) is 30.8 Å². The topological polar surface area (TPSA) is 73.1 Å². The summed E-state index contributed by atoms with van der Waals surface area (Å²) in [6, 6.07) is 6.95. The Morgan fingerprint density at radius 3 is 2.61 bits per heavy atom. The lowest BCUT2D eigenvalue weighted by molar-refractivity contribution is -0.120. The van der Waals surface area contributed by atoms with Gasteiger partial charge in [-0.25, -0.2) is 14.6 Å². The molecule has 2 saturated heterocycles. The van der Waals surface area contributed by atoms with Crippen LogP contribution in [-0.2, 0) is 9.53 Å². The number of rotatable bonds is 3. The zero-order valence-corrected chi connectivity index (χ0v) is 18.0. The molecule has 0 radical (unpaired) electrons. The number of anilines is 1. The number of hydrogen-bond donors (Lipinski definition) is 0. The number of aryl methyl sites for hydroxylation is 2. The normalized spacial score (nSPS) is 23.9. The number of carbonyl (C=O) groups is 1. The van der Waals surface area contributed by atoms with Gasteiger partial charge in [-0.15, -0.1) is 0 Å². The van der Waals surface area contributed by atoms with Crippen LogP contribution in [0, 0.1) is 13.8 Å². The van der Waals surface area contributed by atoms with E-state index in [4.69, 9.17) is 19.8 Å². The summed E-state index contributed by atoms with van der Waals surface area (Å²) >= 11 is 0. The second kappa shape index (κ2) is 7.12. The Balaban J connectivity index is 1.40. The van der Waals surface area contributed by atoms with Gasteiger partial charge >= 0.3 is 0 Å². The van der Waals surface area contributed by atoms with Crippen molar-refractivity contribution in [3.05, 3.63) is 41.3 Å². The summed E-state index contributed by atoms with van der Waals surface area (Å²) in [6.45, 7) is 5.78. The molecule has 1 aliphatic carbocycles. The maximum Gasteiger partial charge on any atom is 0.159 e. The SMILES string of the molecule is Cc1nc(N2C[C@H]3C[C@@H]2CO3)cc(-n2ncc3cc(C)c(C4CCC(=O)CC4)cc32)n1. The van der Waals surface area contributed by atoms with Crippen LogP contribution in [0.2, 0.25) is 0 Å². The van der Waals surface area contributed by atoms with Gasteiger partial charge in [-0.3, -0.25) is 4.79 Å². The van der Waals surface area contributed by atoms with E-state index in [0.29, 0.717) is 36.7 Å². The smallest absolute Gasteiger partial charge is 0.159 e. The van der Waals surface area contributed by atoms with Crippen LogP contribution in [0.15, 0.2) is 24.4 Å². The van der Waals surface area contributed by atoms with Gasteiger partial charge in [-0.05, 0) is 62.3 Å². The minimum absolute atomic E-state index is 0.321. The van der Waals surface area contributed by atoms with Crippen LogP contribution in [0.1, 0.15) is 55.0 Å². The van der Waals surface area contributed by atoms with Crippen molar-refractivity contribution in [3.8, 4) is 5.82 Å². The van der Waals surface area contributed by atoms with Crippen LogP contribution in [0.4, 0.5) is 5.82 Å². The van der Waals surface area contributed by atoms with Crippen molar-refractivity contribution in [1.82, 2.24) is 19.7 Å². The summed E-state index contributed by atoms with van der Waals surface area (Å²) in [5, 5.41) is 5.80. The average Bonchev–Trinajstić information content (AvgIpc) is 3.49. The number of aromatic nitrogens is 4. The van der Waals surface area contributed by atoms with Gasteiger partial charge in [0.2, 0.25) is 0 Å². The number of carbonyl (C=O) groups excluding carboxylic acids is 1. The predicted molar refractivity (Wildman–Crippen MR) is 118 cm³/mol. The van der Waals surface area contributed by atoms with Gasteiger partial charge < -0.3 is 9.64 Å². The fraction of sp³-hybridized carbons (Fsp3) is 0.500. The number of nitrogens with zero attached hydrogens (tertiary/aromatic N) is 5. The van der Waals surface area contributed by atoms with E-state index in [0.717, 1.165) is 60.8 Å². The van der Waals surface area contributed by atoms with Crippen LogP contribution >= 0.6 is 0 Å². The van der Waals surface area contributed by atoms with Gasteiger partial charge in [0.15, 0.2) is 5.82 Å². The maximum absolute atomic E-state index is 11.7. The third-order valence-electron chi connectivity index (χ3n) is 7.16. The zero-order chi connectivity index (χ0) is 21.1. The van der Waals surface area contributed by atoms with Crippen LogP contribution in [0.3, 0.4) is 0 Å². The van der Waals surface area contributed by atoms with E-state index in [9.17, 15) is 4.79 Å². The first-order chi connectivity index (χ1) is 15.0. The largest absolute Gasteiger partial charge is 0.374 e. The number of fused-ring (bicyclic) bond motifs is 3.